The number of carbonyl (C=O) groups is 1. The molecule has 2 atom stereocenters. The summed E-state index contributed by atoms with van der Waals surface area (Å²) < 4.78 is 10.5. The van der Waals surface area contributed by atoms with Gasteiger partial charge in [0.05, 0.1) is 19.8 Å². The van der Waals surface area contributed by atoms with Crippen molar-refractivity contribution in [2.24, 2.45) is 11.3 Å². The SMILES string of the molecule is COc1ccc(C(=O)NC2CCCCC2C(C)(C)C)c(OC)c1. The summed E-state index contributed by atoms with van der Waals surface area (Å²) in [7, 11) is 3.18. The summed E-state index contributed by atoms with van der Waals surface area (Å²) in [6, 6.07) is 5.53. The maximum Gasteiger partial charge on any atom is 0.255 e. The summed E-state index contributed by atoms with van der Waals surface area (Å²) in [5, 5.41) is 3.24. The third-order valence-electron chi connectivity index (χ3n) is 4.85. The van der Waals surface area contributed by atoms with Crippen LogP contribution in [0.2, 0.25) is 0 Å². The molecule has 128 valence electrons. The molecule has 0 saturated heterocycles. The number of ether oxygens (including phenoxy) is 2. The zero-order valence-corrected chi connectivity index (χ0v) is 14.9. The molecule has 0 spiro atoms. The number of nitrogens with one attached hydrogen (secondary N) is 1. The van der Waals surface area contributed by atoms with E-state index in [2.05, 4.69) is 26.1 Å². The fourth-order valence-corrected chi connectivity index (χ4v) is 3.57. The van der Waals surface area contributed by atoms with Crippen LogP contribution < -0.4 is 14.8 Å². The van der Waals surface area contributed by atoms with E-state index in [9.17, 15) is 4.79 Å². The molecule has 1 fully saturated rings. The van der Waals surface area contributed by atoms with E-state index in [1.165, 1.54) is 19.3 Å². The fraction of sp³-hybridized carbons (Fsp3) is 0.632. The largest absolute Gasteiger partial charge is 0.497 e. The topological polar surface area (TPSA) is 47.6 Å². The van der Waals surface area contributed by atoms with Crippen LogP contribution in [0.3, 0.4) is 0 Å². The lowest BCUT2D eigenvalue weighted by atomic mass is 9.69. The minimum atomic E-state index is -0.0642. The Bertz CT molecular complexity index is 548. The Labute approximate surface area is 139 Å². The molecule has 0 radical (unpaired) electrons. The summed E-state index contributed by atoms with van der Waals surface area (Å²) in [4.78, 5) is 12.7. The molecule has 2 unspecified atom stereocenters. The lowest BCUT2D eigenvalue weighted by molar-refractivity contribution is 0.0827. The highest BCUT2D eigenvalue weighted by Gasteiger charge is 2.35. The molecule has 4 nitrogen and oxygen atoms in total. The molecular formula is C19H29NO3. The molecule has 0 aliphatic heterocycles. The zero-order valence-electron chi connectivity index (χ0n) is 14.9. The number of amides is 1. The first-order chi connectivity index (χ1) is 10.9. The highest BCUT2D eigenvalue weighted by molar-refractivity contribution is 5.97. The van der Waals surface area contributed by atoms with Gasteiger partial charge in [-0.1, -0.05) is 33.6 Å². The molecule has 0 heterocycles. The minimum absolute atomic E-state index is 0.0642. The summed E-state index contributed by atoms with van der Waals surface area (Å²) >= 11 is 0. The van der Waals surface area contributed by atoms with Crippen molar-refractivity contribution in [3.8, 4) is 11.5 Å². The Hall–Kier alpha value is -1.71. The van der Waals surface area contributed by atoms with Crippen molar-refractivity contribution in [2.75, 3.05) is 14.2 Å². The quantitative estimate of drug-likeness (QED) is 0.911. The van der Waals surface area contributed by atoms with Crippen molar-refractivity contribution in [3.05, 3.63) is 23.8 Å². The van der Waals surface area contributed by atoms with Gasteiger partial charge in [-0.05, 0) is 36.3 Å². The molecule has 1 aliphatic rings. The lowest BCUT2D eigenvalue weighted by Crippen LogP contribution is -2.46. The van der Waals surface area contributed by atoms with Crippen LogP contribution in [-0.2, 0) is 0 Å². The molecule has 1 aromatic rings. The second-order valence-corrected chi connectivity index (χ2v) is 7.40. The molecule has 1 aliphatic carbocycles. The average molecular weight is 319 g/mol. The van der Waals surface area contributed by atoms with Crippen LogP contribution in [0.4, 0.5) is 0 Å². The first kappa shape index (κ1) is 17.6. The van der Waals surface area contributed by atoms with Crippen LogP contribution in [-0.4, -0.2) is 26.2 Å². The van der Waals surface area contributed by atoms with E-state index in [-0.39, 0.29) is 17.4 Å². The van der Waals surface area contributed by atoms with E-state index < -0.39 is 0 Å². The predicted molar refractivity (Wildman–Crippen MR) is 92.2 cm³/mol. The van der Waals surface area contributed by atoms with E-state index in [1.54, 1.807) is 32.4 Å². The normalized spacial score (nSPS) is 21.6. The van der Waals surface area contributed by atoms with Crippen LogP contribution in [0.5, 0.6) is 11.5 Å². The number of methoxy groups -OCH3 is 2. The van der Waals surface area contributed by atoms with Crippen LogP contribution >= 0.6 is 0 Å². The van der Waals surface area contributed by atoms with Gasteiger partial charge in [-0.2, -0.15) is 0 Å². The van der Waals surface area contributed by atoms with Crippen LogP contribution in [0.1, 0.15) is 56.8 Å². The highest BCUT2D eigenvalue weighted by atomic mass is 16.5. The van der Waals surface area contributed by atoms with Gasteiger partial charge in [0, 0.05) is 12.1 Å². The van der Waals surface area contributed by atoms with Gasteiger partial charge in [-0.15, -0.1) is 0 Å². The standard InChI is InChI=1S/C19H29NO3/c1-19(2,3)15-8-6-7-9-16(15)20-18(21)14-11-10-13(22-4)12-17(14)23-5/h10-12,15-16H,6-9H2,1-5H3,(H,20,21). The van der Waals surface area contributed by atoms with Gasteiger partial charge in [0.15, 0.2) is 0 Å². The smallest absolute Gasteiger partial charge is 0.255 e. The fourth-order valence-electron chi connectivity index (χ4n) is 3.57. The molecular weight excluding hydrogens is 290 g/mol. The molecule has 0 aromatic heterocycles. The first-order valence-electron chi connectivity index (χ1n) is 8.39. The van der Waals surface area contributed by atoms with Crippen molar-refractivity contribution in [2.45, 2.75) is 52.5 Å². The van der Waals surface area contributed by atoms with Crippen LogP contribution in [0.15, 0.2) is 18.2 Å². The van der Waals surface area contributed by atoms with Crippen molar-refractivity contribution in [1.82, 2.24) is 5.32 Å². The Morgan fingerprint density at radius 3 is 2.43 bits per heavy atom. The van der Waals surface area contributed by atoms with E-state index in [0.717, 1.165) is 6.42 Å². The van der Waals surface area contributed by atoms with Gasteiger partial charge in [0.2, 0.25) is 0 Å². The van der Waals surface area contributed by atoms with Crippen molar-refractivity contribution >= 4 is 5.91 Å². The summed E-state index contributed by atoms with van der Waals surface area (Å²) in [5.74, 6) is 1.67. The van der Waals surface area contributed by atoms with Gasteiger partial charge >= 0.3 is 0 Å². The molecule has 2 rings (SSSR count). The molecule has 1 saturated carbocycles. The monoisotopic (exact) mass is 319 g/mol. The third-order valence-corrected chi connectivity index (χ3v) is 4.85. The lowest BCUT2D eigenvalue weighted by Gasteiger charge is -2.40. The van der Waals surface area contributed by atoms with E-state index >= 15 is 0 Å². The van der Waals surface area contributed by atoms with Crippen molar-refractivity contribution < 1.29 is 14.3 Å². The van der Waals surface area contributed by atoms with Crippen molar-refractivity contribution in [3.63, 3.8) is 0 Å². The van der Waals surface area contributed by atoms with Crippen molar-refractivity contribution in [1.29, 1.82) is 0 Å². The van der Waals surface area contributed by atoms with Gasteiger partial charge in [-0.3, -0.25) is 4.79 Å². The molecule has 0 bridgehead atoms. The van der Waals surface area contributed by atoms with Gasteiger partial charge in [-0.25, -0.2) is 0 Å². The molecule has 4 heteroatoms. The Kier molecular flexibility index (Phi) is 5.55. The average Bonchev–Trinajstić information content (AvgIpc) is 2.53. The van der Waals surface area contributed by atoms with Crippen LogP contribution in [0.25, 0.3) is 0 Å². The maximum atomic E-state index is 12.7. The van der Waals surface area contributed by atoms with Gasteiger partial charge < -0.3 is 14.8 Å². The number of hydrogen-bond donors (Lipinski definition) is 1. The van der Waals surface area contributed by atoms with Crippen LogP contribution in [0, 0.1) is 11.3 Å². The Balaban J connectivity index is 2.17. The Morgan fingerprint density at radius 2 is 1.83 bits per heavy atom. The number of hydrogen-bond acceptors (Lipinski definition) is 3. The molecule has 1 aromatic carbocycles. The second-order valence-electron chi connectivity index (χ2n) is 7.40. The van der Waals surface area contributed by atoms with E-state index in [0.29, 0.717) is 23.0 Å². The number of benzene rings is 1. The predicted octanol–water partition coefficient (Wildman–Crippen LogP) is 4.04. The van der Waals surface area contributed by atoms with E-state index in [1.807, 2.05) is 0 Å². The minimum Gasteiger partial charge on any atom is -0.497 e. The Morgan fingerprint density at radius 1 is 1.13 bits per heavy atom. The second kappa shape index (κ2) is 7.24. The van der Waals surface area contributed by atoms with Gasteiger partial charge in [0.1, 0.15) is 11.5 Å². The van der Waals surface area contributed by atoms with E-state index in [4.69, 9.17) is 9.47 Å². The third kappa shape index (κ3) is 4.18. The summed E-state index contributed by atoms with van der Waals surface area (Å²) in [6.45, 7) is 6.78. The van der Waals surface area contributed by atoms with Gasteiger partial charge in [0.25, 0.3) is 5.91 Å². The highest BCUT2D eigenvalue weighted by Crippen LogP contribution is 2.38. The summed E-state index contributed by atoms with van der Waals surface area (Å²) in [5.41, 5.74) is 0.758. The maximum absolute atomic E-state index is 12.7. The number of carbonyl (C=O) groups excluding carboxylic acids is 1. The summed E-state index contributed by atoms with van der Waals surface area (Å²) in [6.07, 6.45) is 4.65. The zero-order chi connectivity index (χ0) is 17.0. The molecule has 1 N–H and O–H groups in total. The number of rotatable bonds is 4. The molecule has 23 heavy (non-hydrogen) atoms. The molecule has 1 amide bonds. The first-order valence-corrected chi connectivity index (χ1v) is 8.39.